The Labute approximate surface area is 144 Å². The molecule has 0 radical (unpaired) electrons. The average Bonchev–Trinajstić information content (AvgIpc) is 2.89. The summed E-state index contributed by atoms with van der Waals surface area (Å²) in [7, 11) is 0. The summed E-state index contributed by atoms with van der Waals surface area (Å²) in [6.07, 6.45) is 0. The minimum Gasteiger partial charge on any atom is -0.329 e. The molecule has 0 unspecified atom stereocenters. The maximum atomic E-state index is 5.75. The summed E-state index contributed by atoms with van der Waals surface area (Å²) >= 11 is 1.75. The van der Waals surface area contributed by atoms with Crippen LogP contribution in [0.1, 0.15) is 37.0 Å². The summed E-state index contributed by atoms with van der Waals surface area (Å²) in [6, 6.07) is 10.5. The van der Waals surface area contributed by atoms with Gasteiger partial charge in [-0.2, -0.15) is 0 Å². The van der Waals surface area contributed by atoms with Gasteiger partial charge in [-0.15, -0.1) is 23.7 Å². The topological polar surface area (TPSA) is 42.2 Å². The van der Waals surface area contributed by atoms with Gasteiger partial charge in [0.1, 0.15) is 0 Å². The molecule has 2 aromatic rings. The maximum absolute atomic E-state index is 5.75. The SMILES string of the molecule is CC(C)(C)c1nc(CN(CCN)Cc2ccccc2)cs1.Cl. The van der Waals surface area contributed by atoms with Gasteiger partial charge >= 0.3 is 0 Å². The standard InChI is InChI=1S/C17H25N3S.ClH/c1-17(2,3)16-19-15(13-21-16)12-20(10-9-18)11-14-7-5-4-6-8-14;/h4-8,13H,9-12,18H2,1-3H3;1H. The van der Waals surface area contributed by atoms with E-state index in [1.165, 1.54) is 10.6 Å². The highest BCUT2D eigenvalue weighted by Crippen LogP contribution is 2.26. The molecular weight excluding hydrogens is 314 g/mol. The third kappa shape index (κ3) is 5.69. The zero-order valence-corrected chi connectivity index (χ0v) is 15.2. The molecule has 0 bridgehead atoms. The first-order valence-electron chi connectivity index (χ1n) is 7.40. The number of hydrogen-bond donors (Lipinski definition) is 1. The van der Waals surface area contributed by atoms with Crippen LogP contribution in [0, 0.1) is 0 Å². The van der Waals surface area contributed by atoms with Crippen molar-refractivity contribution in [1.29, 1.82) is 0 Å². The number of benzene rings is 1. The van der Waals surface area contributed by atoms with Gasteiger partial charge in [0.15, 0.2) is 0 Å². The van der Waals surface area contributed by atoms with E-state index in [9.17, 15) is 0 Å². The van der Waals surface area contributed by atoms with Gasteiger partial charge < -0.3 is 5.73 Å². The molecule has 0 aliphatic rings. The Morgan fingerprint density at radius 2 is 1.82 bits per heavy atom. The summed E-state index contributed by atoms with van der Waals surface area (Å²) < 4.78 is 0. The van der Waals surface area contributed by atoms with Crippen LogP contribution in [0.15, 0.2) is 35.7 Å². The Kier molecular flexibility index (Phi) is 7.49. The van der Waals surface area contributed by atoms with Crippen LogP contribution in [0.2, 0.25) is 0 Å². The Bertz CT molecular complexity index is 549. The fourth-order valence-corrected chi connectivity index (χ4v) is 3.09. The molecule has 0 fully saturated rings. The minimum atomic E-state index is 0. The number of rotatable bonds is 6. The van der Waals surface area contributed by atoms with Crippen LogP contribution in [0.4, 0.5) is 0 Å². The summed E-state index contributed by atoms with van der Waals surface area (Å²) in [5.41, 5.74) is 8.34. The van der Waals surface area contributed by atoms with E-state index in [-0.39, 0.29) is 17.8 Å². The van der Waals surface area contributed by atoms with Crippen molar-refractivity contribution in [2.45, 2.75) is 39.3 Å². The number of hydrogen-bond acceptors (Lipinski definition) is 4. The maximum Gasteiger partial charge on any atom is 0.0982 e. The van der Waals surface area contributed by atoms with E-state index in [1.807, 2.05) is 6.07 Å². The molecule has 2 N–H and O–H groups in total. The van der Waals surface area contributed by atoms with Gasteiger partial charge in [0.05, 0.1) is 10.7 Å². The third-order valence-electron chi connectivity index (χ3n) is 3.27. The fraction of sp³-hybridized carbons (Fsp3) is 0.471. The second-order valence-electron chi connectivity index (χ2n) is 6.38. The Hall–Kier alpha value is -0.940. The Morgan fingerprint density at radius 1 is 1.14 bits per heavy atom. The second-order valence-corrected chi connectivity index (χ2v) is 7.24. The van der Waals surface area contributed by atoms with Crippen molar-refractivity contribution in [1.82, 2.24) is 9.88 Å². The van der Waals surface area contributed by atoms with Crippen molar-refractivity contribution >= 4 is 23.7 Å². The van der Waals surface area contributed by atoms with Gasteiger partial charge in [-0.1, -0.05) is 51.1 Å². The largest absolute Gasteiger partial charge is 0.329 e. The van der Waals surface area contributed by atoms with Crippen LogP contribution >= 0.6 is 23.7 Å². The van der Waals surface area contributed by atoms with Crippen LogP contribution in [0.3, 0.4) is 0 Å². The third-order valence-corrected chi connectivity index (χ3v) is 4.59. The molecule has 122 valence electrons. The van der Waals surface area contributed by atoms with E-state index in [0.717, 1.165) is 25.3 Å². The minimum absolute atomic E-state index is 0. The van der Waals surface area contributed by atoms with Gasteiger partial charge in [-0.05, 0) is 5.56 Å². The lowest BCUT2D eigenvalue weighted by molar-refractivity contribution is 0.261. The van der Waals surface area contributed by atoms with Gasteiger partial charge in [0.25, 0.3) is 0 Å². The van der Waals surface area contributed by atoms with E-state index in [1.54, 1.807) is 11.3 Å². The van der Waals surface area contributed by atoms with Crippen LogP contribution in [-0.4, -0.2) is 23.0 Å². The average molecular weight is 340 g/mol. The van der Waals surface area contributed by atoms with Crippen molar-refractivity contribution in [3.05, 3.63) is 52.0 Å². The lowest BCUT2D eigenvalue weighted by Gasteiger charge is -2.21. The van der Waals surface area contributed by atoms with Crippen molar-refractivity contribution in [2.75, 3.05) is 13.1 Å². The van der Waals surface area contributed by atoms with Crippen LogP contribution in [-0.2, 0) is 18.5 Å². The number of aromatic nitrogens is 1. The highest BCUT2D eigenvalue weighted by atomic mass is 35.5. The van der Waals surface area contributed by atoms with Gasteiger partial charge in [0, 0.05) is 37.0 Å². The molecule has 0 saturated carbocycles. The Balaban J connectivity index is 0.00000242. The molecule has 0 amide bonds. The highest BCUT2D eigenvalue weighted by molar-refractivity contribution is 7.09. The molecule has 0 aliphatic heterocycles. The molecule has 1 aromatic heterocycles. The lowest BCUT2D eigenvalue weighted by Crippen LogP contribution is -2.29. The first-order chi connectivity index (χ1) is 9.99. The van der Waals surface area contributed by atoms with Crippen molar-refractivity contribution < 1.29 is 0 Å². The molecule has 2 rings (SSSR count). The van der Waals surface area contributed by atoms with Crippen LogP contribution in [0.5, 0.6) is 0 Å². The van der Waals surface area contributed by atoms with Crippen molar-refractivity contribution in [2.24, 2.45) is 5.73 Å². The van der Waals surface area contributed by atoms with E-state index >= 15 is 0 Å². The van der Waals surface area contributed by atoms with Gasteiger partial charge in [-0.25, -0.2) is 4.98 Å². The lowest BCUT2D eigenvalue weighted by atomic mass is 9.98. The normalized spacial score (nSPS) is 11.5. The van der Waals surface area contributed by atoms with Gasteiger partial charge in [-0.3, -0.25) is 4.90 Å². The zero-order valence-electron chi connectivity index (χ0n) is 13.6. The number of nitrogens with two attached hydrogens (primary N) is 1. The van der Waals surface area contributed by atoms with E-state index < -0.39 is 0 Å². The van der Waals surface area contributed by atoms with Gasteiger partial charge in [0.2, 0.25) is 0 Å². The quantitative estimate of drug-likeness (QED) is 0.869. The summed E-state index contributed by atoms with van der Waals surface area (Å²) in [5, 5.41) is 3.37. The molecule has 0 saturated heterocycles. The first-order valence-corrected chi connectivity index (χ1v) is 8.28. The smallest absolute Gasteiger partial charge is 0.0982 e. The molecule has 0 atom stereocenters. The molecule has 5 heteroatoms. The monoisotopic (exact) mass is 339 g/mol. The first kappa shape index (κ1) is 19.1. The van der Waals surface area contributed by atoms with Crippen LogP contribution in [0.25, 0.3) is 0 Å². The Morgan fingerprint density at radius 3 is 2.36 bits per heavy atom. The van der Waals surface area contributed by atoms with E-state index in [2.05, 4.69) is 55.3 Å². The second kappa shape index (κ2) is 8.63. The van der Waals surface area contributed by atoms with Crippen LogP contribution < -0.4 is 5.73 Å². The molecule has 22 heavy (non-hydrogen) atoms. The molecule has 1 aromatic carbocycles. The van der Waals surface area contributed by atoms with Crippen molar-refractivity contribution in [3.8, 4) is 0 Å². The molecule has 1 heterocycles. The number of halogens is 1. The zero-order chi connectivity index (χ0) is 15.3. The summed E-state index contributed by atoms with van der Waals surface area (Å²) in [4.78, 5) is 7.14. The molecular formula is C17H26ClN3S. The molecule has 0 aliphatic carbocycles. The van der Waals surface area contributed by atoms with Crippen molar-refractivity contribution in [3.63, 3.8) is 0 Å². The number of thiazole rings is 1. The predicted molar refractivity (Wildman–Crippen MR) is 97.7 cm³/mol. The molecule has 0 spiro atoms. The number of nitrogens with zero attached hydrogens (tertiary/aromatic N) is 2. The summed E-state index contributed by atoms with van der Waals surface area (Å²) in [5.74, 6) is 0. The highest BCUT2D eigenvalue weighted by Gasteiger charge is 2.18. The summed E-state index contributed by atoms with van der Waals surface area (Å²) in [6.45, 7) is 9.95. The fourth-order valence-electron chi connectivity index (χ4n) is 2.19. The van der Waals surface area contributed by atoms with E-state index in [0.29, 0.717) is 6.54 Å². The molecule has 3 nitrogen and oxygen atoms in total. The predicted octanol–water partition coefficient (Wildman–Crippen LogP) is 3.82. The van der Waals surface area contributed by atoms with E-state index in [4.69, 9.17) is 10.7 Å².